The van der Waals surface area contributed by atoms with E-state index in [0.717, 1.165) is 17.7 Å². The van der Waals surface area contributed by atoms with Gasteiger partial charge in [0.05, 0.1) is 17.3 Å². The summed E-state index contributed by atoms with van der Waals surface area (Å²) in [5.74, 6) is -0.0264. The first kappa shape index (κ1) is 17.3. The molecule has 1 aromatic carbocycles. The molecule has 2 rings (SSSR count). The number of nitrogens with one attached hydrogen (secondary N) is 1. The zero-order chi connectivity index (χ0) is 17.2. The minimum Gasteiger partial charge on any atom is -0.369 e. The van der Waals surface area contributed by atoms with Crippen LogP contribution in [-0.4, -0.2) is 24.7 Å². The summed E-state index contributed by atoms with van der Waals surface area (Å²) in [6.45, 7) is 6.65. The van der Waals surface area contributed by atoms with Gasteiger partial charge in [-0.25, -0.2) is 5.43 Å². The molecule has 0 bridgehead atoms. The van der Waals surface area contributed by atoms with Gasteiger partial charge in [-0.3, -0.25) is 4.79 Å². The van der Waals surface area contributed by atoms with Gasteiger partial charge in [-0.1, -0.05) is 18.5 Å². The van der Waals surface area contributed by atoms with Crippen molar-refractivity contribution in [3.05, 3.63) is 28.3 Å². The molecule has 0 fully saturated rings. The first-order valence-electron chi connectivity index (χ1n) is 7.52. The topological polar surface area (TPSA) is 68.5 Å². The molecule has 23 heavy (non-hydrogen) atoms. The second-order valence-electron chi connectivity index (χ2n) is 6.54. The van der Waals surface area contributed by atoms with E-state index in [1.165, 1.54) is 11.8 Å². The Hall–Kier alpha value is -2.06. The van der Waals surface area contributed by atoms with Gasteiger partial charge in [-0.05, 0) is 43.9 Å². The van der Waals surface area contributed by atoms with Crippen molar-refractivity contribution < 1.29 is 4.79 Å². The van der Waals surface area contributed by atoms with Gasteiger partial charge < -0.3 is 4.90 Å². The number of rotatable bonds is 3. The third-order valence-corrected chi connectivity index (χ3v) is 4.71. The van der Waals surface area contributed by atoms with Crippen LogP contribution in [0.2, 0.25) is 5.02 Å². The number of amides is 1. The fourth-order valence-electron chi connectivity index (χ4n) is 2.99. The molecule has 122 valence electrons. The van der Waals surface area contributed by atoms with Crippen molar-refractivity contribution in [2.45, 2.75) is 45.1 Å². The number of hydrogen-bond acceptors (Lipinski definition) is 4. The van der Waals surface area contributed by atoms with Gasteiger partial charge in [-0.2, -0.15) is 10.4 Å². The summed E-state index contributed by atoms with van der Waals surface area (Å²) in [7, 11) is 2.08. The molecule has 0 radical (unpaired) electrons. The van der Waals surface area contributed by atoms with Crippen molar-refractivity contribution in [3.8, 4) is 6.07 Å². The molecule has 1 atom stereocenters. The molecule has 6 heteroatoms. The second kappa shape index (κ2) is 6.59. The molecular formula is C17H21ClN4O. The van der Waals surface area contributed by atoms with Gasteiger partial charge >= 0.3 is 0 Å². The van der Waals surface area contributed by atoms with E-state index in [-0.39, 0.29) is 12.0 Å². The van der Waals surface area contributed by atoms with Crippen LogP contribution in [0, 0.1) is 11.3 Å². The third-order valence-electron chi connectivity index (χ3n) is 4.38. The van der Waals surface area contributed by atoms with E-state index in [2.05, 4.69) is 43.2 Å². The van der Waals surface area contributed by atoms with Gasteiger partial charge in [-0.15, -0.1) is 0 Å². The van der Waals surface area contributed by atoms with Gasteiger partial charge in [0, 0.05) is 23.8 Å². The number of hydrazone groups is 1. The second-order valence-corrected chi connectivity index (χ2v) is 6.94. The molecule has 1 amide bonds. The summed E-state index contributed by atoms with van der Waals surface area (Å²) in [6, 6.07) is 5.74. The molecule has 0 spiro atoms. The largest absolute Gasteiger partial charge is 0.369 e. The van der Waals surface area contributed by atoms with Gasteiger partial charge in [0.2, 0.25) is 0 Å². The van der Waals surface area contributed by atoms with Crippen LogP contribution in [0.15, 0.2) is 17.2 Å². The number of nitrogens with zero attached hydrogens (tertiary/aromatic N) is 3. The summed E-state index contributed by atoms with van der Waals surface area (Å²) < 4.78 is 0. The van der Waals surface area contributed by atoms with Crippen molar-refractivity contribution in [1.29, 1.82) is 5.26 Å². The lowest BCUT2D eigenvalue weighted by molar-refractivity contribution is -0.120. The minimum absolute atomic E-state index is 0.0800. The van der Waals surface area contributed by atoms with Crippen molar-refractivity contribution in [3.63, 3.8) is 0 Å². The Morgan fingerprint density at radius 3 is 2.96 bits per heavy atom. The van der Waals surface area contributed by atoms with E-state index < -0.39 is 5.91 Å². The van der Waals surface area contributed by atoms with Crippen molar-refractivity contribution in [1.82, 2.24) is 5.43 Å². The smallest absolute Gasteiger partial charge is 0.254 e. The predicted octanol–water partition coefficient (Wildman–Crippen LogP) is 3.43. The first-order chi connectivity index (χ1) is 10.8. The molecule has 1 aromatic rings. The number of nitriles is 1. The number of fused-ring (bicyclic) bond motifs is 1. The lowest BCUT2D eigenvalue weighted by Gasteiger charge is -2.45. The number of carbonyl (C=O) groups excluding carboxylic acids is 1. The number of carbonyl (C=O) groups is 1. The Morgan fingerprint density at radius 2 is 2.30 bits per heavy atom. The fourth-order valence-corrected chi connectivity index (χ4v) is 3.20. The van der Waals surface area contributed by atoms with Crippen LogP contribution < -0.4 is 10.3 Å². The third kappa shape index (κ3) is 3.65. The molecule has 1 aliphatic rings. The number of halogens is 1. The van der Waals surface area contributed by atoms with E-state index in [1.807, 2.05) is 12.1 Å². The highest BCUT2D eigenvalue weighted by Gasteiger charge is 2.34. The molecule has 0 saturated carbocycles. The van der Waals surface area contributed by atoms with Crippen molar-refractivity contribution >= 4 is 29.4 Å². The molecule has 1 heterocycles. The number of anilines is 1. The summed E-state index contributed by atoms with van der Waals surface area (Å²) in [5.41, 5.74) is 5.50. The fraction of sp³-hybridized carbons (Fsp3) is 0.471. The summed E-state index contributed by atoms with van der Waals surface area (Å²) in [5, 5.41) is 12.9. The molecule has 0 unspecified atom stereocenters. The Balaban J connectivity index is 2.29. The van der Waals surface area contributed by atoms with Crippen LogP contribution >= 0.6 is 11.6 Å². The minimum atomic E-state index is -0.437. The van der Waals surface area contributed by atoms with Crippen LogP contribution in [-0.2, 0) is 4.79 Å². The quantitative estimate of drug-likeness (QED) is 0.681. The summed E-state index contributed by atoms with van der Waals surface area (Å²) >= 11 is 6.36. The highest BCUT2D eigenvalue weighted by atomic mass is 35.5. The highest BCUT2D eigenvalue weighted by molar-refractivity contribution is 6.33. The maximum Gasteiger partial charge on any atom is 0.254 e. The summed E-state index contributed by atoms with van der Waals surface area (Å²) in [4.78, 5) is 13.5. The van der Waals surface area contributed by atoms with Crippen LogP contribution in [0.5, 0.6) is 0 Å². The zero-order valence-electron chi connectivity index (χ0n) is 13.9. The zero-order valence-corrected chi connectivity index (χ0v) is 14.6. The van der Waals surface area contributed by atoms with Gasteiger partial charge in [0.15, 0.2) is 0 Å². The molecule has 0 saturated heterocycles. The molecule has 1 aliphatic heterocycles. The van der Waals surface area contributed by atoms with Crippen LogP contribution in [0.1, 0.15) is 50.7 Å². The first-order valence-corrected chi connectivity index (χ1v) is 7.90. The van der Waals surface area contributed by atoms with Gasteiger partial charge in [0.1, 0.15) is 6.42 Å². The normalized spacial score (nSPS) is 19.3. The number of hydrogen-bond donors (Lipinski definition) is 1. The predicted molar refractivity (Wildman–Crippen MR) is 92.9 cm³/mol. The van der Waals surface area contributed by atoms with E-state index in [9.17, 15) is 4.79 Å². The van der Waals surface area contributed by atoms with Crippen LogP contribution in [0.4, 0.5) is 5.69 Å². The molecule has 1 N–H and O–H groups in total. The lowest BCUT2D eigenvalue weighted by Crippen LogP contribution is -2.45. The SMILES string of the molecule is C[C@H]1CC(C)(C)N(C)c2cc(Cl)c(/C=N\NC(=O)CC#N)cc21. The Kier molecular flexibility index (Phi) is 4.96. The maximum atomic E-state index is 11.2. The van der Waals surface area contributed by atoms with Crippen LogP contribution in [0.25, 0.3) is 0 Å². The Bertz CT molecular complexity index is 691. The van der Waals surface area contributed by atoms with Crippen molar-refractivity contribution in [2.24, 2.45) is 5.10 Å². The monoisotopic (exact) mass is 332 g/mol. The van der Waals surface area contributed by atoms with Crippen LogP contribution in [0.3, 0.4) is 0 Å². The van der Waals surface area contributed by atoms with E-state index in [1.54, 1.807) is 6.07 Å². The molecule has 0 aliphatic carbocycles. The van der Waals surface area contributed by atoms with Crippen molar-refractivity contribution in [2.75, 3.05) is 11.9 Å². The molecule has 0 aromatic heterocycles. The average molecular weight is 333 g/mol. The van der Waals surface area contributed by atoms with E-state index in [4.69, 9.17) is 16.9 Å². The Morgan fingerprint density at radius 1 is 1.61 bits per heavy atom. The maximum absolute atomic E-state index is 11.2. The number of benzene rings is 1. The molecular weight excluding hydrogens is 312 g/mol. The van der Waals surface area contributed by atoms with E-state index >= 15 is 0 Å². The Labute approximate surface area is 141 Å². The lowest BCUT2D eigenvalue weighted by atomic mass is 9.80. The summed E-state index contributed by atoms with van der Waals surface area (Å²) in [6.07, 6.45) is 2.35. The average Bonchev–Trinajstić information content (AvgIpc) is 2.46. The standard InChI is InChI=1S/C17H21ClN4O/c1-11-9-17(2,3)22(4)15-8-14(18)12(7-13(11)15)10-20-21-16(23)5-6-19/h7-8,10-11H,5,9H2,1-4H3,(H,21,23)/b20-10-/t11-/m0/s1. The van der Waals surface area contributed by atoms with E-state index in [0.29, 0.717) is 10.9 Å². The highest BCUT2D eigenvalue weighted by Crippen LogP contribution is 2.43. The molecule has 5 nitrogen and oxygen atoms in total. The van der Waals surface area contributed by atoms with Gasteiger partial charge in [0.25, 0.3) is 5.91 Å².